The van der Waals surface area contributed by atoms with Crippen molar-refractivity contribution < 1.29 is 9.84 Å². The summed E-state index contributed by atoms with van der Waals surface area (Å²) in [6.07, 6.45) is 5.83. The molecule has 1 aliphatic heterocycles. The summed E-state index contributed by atoms with van der Waals surface area (Å²) in [6.45, 7) is 1.54. The maximum atomic E-state index is 9.08. The number of H-pyrrole nitrogens is 1. The standard InChI is InChI=1S/C19H19N7O2/c27-6-4-12-8-21-26(9-12)17-3-5-20-19(23-17)18-15-7-13(22-14-10-28-11-14)1-2-16(15)24-25-18/h1-3,5,7-9,14,22,27H,4,6,10-11H2,(H,24,25). The molecular formula is C19H19N7O2. The number of anilines is 1. The van der Waals surface area contributed by atoms with Gasteiger partial charge in [0.25, 0.3) is 0 Å². The number of aliphatic hydroxyl groups excluding tert-OH is 1. The van der Waals surface area contributed by atoms with Crippen LogP contribution in [-0.4, -0.2) is 60.9 Å². The molecule has 0 spiro atoms. The lowest BCUT2D eigenvalue weighted by Gasteiger charge is -2.27. The van der Waals surface area contributed by atoms with E-state index in [1.807, 2.05) is 18.3 Å². The minimum absolute atomic E-state index is 0.0866. The highest BCUT2D eigenvalue weighted by Gasteiger charge is 2.19. The molecule has 0 unspecified atom stereocenters. The second-order valence-electron chi connectivity index (χ2n) is 6.72. The molecule has 1 aromatic carbocycles. The Balaban J connectivity index is 1.49. The Morgan fingerprint density at radius 1 is 1.29 bits per heavy atom. The van der Waals surface area contributed by atoms with Crippen LogP contribution in [0.15, 0.2) is 42.9 Å². The number of benzene rings is 1. The van der Waals surface area contributed by atoms with Crippen LogP contribution in [0.4, 0.5) is 5.69 Å². The quantitative estimate of drug-likeness (QED) is 0.467. The number of nitrogens with one attached hydrogen (secondary N) is 2. The van der Waals surface area contributed by atoms with E-state index in [0.29, 0.717) is 29.8 Å². The highest BCUT2D eigenvalue weighted by Crippen LogP contribution is 2.27. The Morgan fingerprint density at radius 3 is 3.04 bits per heavy atom. The molecule has 28 heavy (non-hydrogen) atoms. The number of hydrogen-bond acceptors (Lipinski definition) is 7. The van der Waals surface area contributed by atoms with Gasteiger partial charge in [-0.05, 0) is 30.2 Å². The van der Waals surface area contributed by atoms with Crippen molar-refractivity contribution >= 4 is 16.6 Å². The monoisotopic (exact) mass is 377 g/mol. The smallest absolute Gasteiger partial charge is 0.182 e. The van der Waals surface area contributed by atoms with Crippen molar-refractivity contribution in [3.05, 3.63) is 48.4 Å². The SMILES string of the molecule is OCCc1cnn(-c2ccnc(-c3n[nH]c4ccc(NC5COC5)cc34)n2)c1. The van der Waals surface area contributed by atoms with Crippen molar-refractivity contribution in [2.45, 2.75) is 12.5 Å². The molecule has 0 aliphatic carbocycles. The molecule has 0 bridgehead atoms. The van der Waals surface area contributed by atoms with Gasteiger partial charge in [-0.1, -0.05) is 0 Å². The Labute approximate surface area is 160 Å². The summed E-state index contributed by atoms with van der Waals surface area (Å²) in [4.78, 5) is 9.03. The first-order chi connectivity index (χ1) is 13.8. The van der Waals surface area contributed by atoms with Crippen LogP contribution in [0, 0.1) is 0 Å². The van der Waals surface area contributed by atoms with Gasteiger partial charge in [0, 0.05) is 36.1 Å². The topological polar surface area (TPSA) is 114 Å². The van der Waals surface area contributed by atoms with Gasteiger partial charge in [-0.3, -0.25) is 5.10 Å². The van der Waals surface area contributed by atoms with E-state index < -0.39 is 0 Å². The number of ether oxygens (including phenoxy) is 1. The van der Waals surface area contributed by atoms with Crippen molar-refractivity contribution in [3.8, 4) is 17.3 Å². The lowest BCUT2D eigenvalue weighted by atomic mass is 10.1. The molecule has 4 aromatic rings. The van der Waals surface area contributed by atoms with Gasteiger partial charge >= 0.3 is 0 Å². The molecule has 4 heterocycles. The summed E-state index contributed by atoms with van der Waals surface area (Å²) in [5.41, 5.74) is 3.57. The second-order valence-corrected chi connectivity index (χ2v) is 6.72. The summed E-state index contributed by atoms with van der Waals surface area (Å²) >= 11 is 0. The number of aliphatic hydroxyl groups is 1. The molecule has 0 atom stereocenters. The van der Waals surface area contributed by atoms with Crippen LogP contribution in [0.3, 0.4) is 0 Å². The van der Waals surface area contributed by atoms with E-state index in [4.69, 9.17) is 9.84 Å². The second kappa shape index (κ2) is 7.02. The van der Waals surface area contributed by atoms with Crippen LogP contribution >= 0.6 is 0 Å². The van der Waals surface area contributed by atoms with Crippen molar-refractivity contribution in [3.63, 3.8) is 0 Å². The predicted molar refractivity (Wildman–Crippen MR) is 103 cm³/mol. The van der Waals surface area contributed by atoms with Gasteiger partial charge in [-0.2, -0.15) is 10.2 Å². The summed E-state index contributed by atoms with van der Waals surface area (Å²) in [5, 5.41) is 25.3. The van der Waals surface area contributed by atoms with Crippen molar-refractivity contribution in [1.82, 2.24) is 29.9 Å². The van der Waals surface area contributed by atoms with E-state index >= 15 is 0 Å². The third kappa shape index (κ3) is 3.10. The zero-order valence-corrected chi connectivity index (χ0v) is 15.0. The molecule has 0 saturated carbocycles. The largest absolute Gasteiger partial charge is 0.396 e. The molecule has 1 saturated heterocycles. The molecule has 0 amide bonds. The first-order valence-corrected chi connectivity index (χ1v) is 9.11. The molecule has 3 aromatic heterocycles. The third-order valence-corrected chi connectivity index (χ3v) is 4.70. The highest BCUT2D eigenvalue weighted by molar-refractivity contribution is 5.93. The maximum absolute atomic E-state index is 9.08. The zero-order chi connectivity index (χ0) is 18.9. The molecule has 0 radical (unpaired) electrons. The fraction of sp³-hybridized carbons (Fsp3) is 0.263. The van der Waals surface area contributed by atoms with Crippen LogP contribution in [0.25, 0.3) is 28.2 Å². The van der Waals surface area contributed by atoms with Crippen molar-refractivity contribution in [1.29, 1.82) is 0 Å². The predicted octanol–water partition coefficient (Wildman–Crippen LogP) is 1.55. The Kier molecular flexibility index (Phi) is 4.22. The molecule has 142 valence electrons. The van der Waals surface area contributed by atoms with E-state index in [-0.39, 0.29) is 6.61 Å². The fourth-order valence-electron chi connectivity index (χ4n) is 3.16. The first kappa shape index (κ1) is 16.8. The van der Waals surface area contributed by atoms with Crippen molar-refractivity contribution in [2.75, 3.05) is 25.1 Å². The zero-order valence-electron chi connectivity index (χ0n) is 15.0. The lowest BCUT2D eigenvalue weighted by Crippen LogP contribution is -2.40. The molecule has 5 rings (SSSR count). The Morgan fingerprint density at radius 2 is 2.21 bits per heavy atom. The number of aromatic amines is 1. The summed E-state index contributed by atoms with van der Waals surface area (Å²) in [7, 11) is 0. The number of hydrogen-bond donors (Lipinski definition) is 3. The lowest BCUT2D eigenvalue weighted by molar-refractivity contribution is 0.0211. The van der Waals surface area contributed by atoms with E-state index in [2.05, 4.69) is 36.6 Å². The van der Waals surface area contributed by atoms with Crippen LogP contribution in [0.2, 0.25) is 0 Å². The normalized spacial score (nSPS) is 14.3. The van der Waals surface area contributed by atoms with Gasteiger partial charge < -0.3 is 15.2 Å². The number of rotatable bonds is 6. The van der Waals surface area contributed by atoms with E-state index in [0.717, 1.165) is 35.4 Å². The highest BCUT2D eigenvalue weighted by atomic mass is 16.5. The first-order valence-electron chi connectivity index (χ1n) is 9.11. The molecule has 9 heteroatoms. The molecule has 9 nitrogen and oxygen atoms in total. The summed E-state index contributed by atoms with van der Waals surface area (Å²) < 4.78 is 6.90. The van der Waals surface area contributed by atoms with E-state index in [9.17, 15) is 0 Å². The van der Waals surface area contributed by atoms with Gasteiger partial charge in [-0.25, -0.2) is 14.6 Å². The van der Waals surface area contributed by atoms with Crippen LogP contribution < -0.4 is 5.32 Å². The van der Waals surface area contributed by atoms with Crippen LogP contribution in [0.5, 0.6) is 0 Å². The van der Waals surface area contributed by atoms with E-state index in [1.54, 1.807) is 23.1 Å². The van der Waals surface area contributed by atoms with Crippen LogP contribution in [0.1, 0.15) is 5.56 Å². The summed E-state index contributed by atoms with van der Waals surface area (Å²) in [5.74, 6) is 1.17. The summed E-state index contributed by atoms with van der Waals surface area (Å²) in [6, 6.07) is 8.20. The van der Waals surface area contributed by atoms with Crippen LogP contribution in [-0.2, 0) is 11.2 Å². The van der Waals surface area contributed by atoms with Gasteiger partial charge in [0.05, 0.1) is 31.0 Å². The van der Waals surface area contributed by atoms with E-state index in [1.165, 1.54) is 0 Å². The number of fused-ring (bicyclic) bond motifs is 1. The minimum atomic E-state index is 0.0866. The van der Waals surface area contributed by atoms with Gasteiger partial charge in [0.15, 0.2) is 11.6 Å². The molecular weight excluding hydrogens is 358 g/mol. The maximum Gasteiger partial charge on any atom is 0.182 e. The van der Waals surface area contributed by atoms with Crippen molar-refractivity contribution in [2.24, 2.45) is 0 Å². The number of aromatic nitrogens is 6. The molecule has 1 fully saturated rings. The minimum Gasteiger partial charge on any atom is -0.396 e. The number of nitrogens with zero attached hydrogens (tertiary/aromatic N) is 5. The third-order valence-electron chi connectivity index (χ3n) is 4.70. The average Bonchev–Trinajstić information content (AvgIpc) is 3.32. The molecule has 1 aliphatic rings. The Bertz CT molecular complexity index is 1120. The van der Waals surface area contributed by atoms with Gasteiger partial charge in [-0.15, -0.1) is 0 Å². The fourth-order valence-corrected chi connectivity index (χ4v) is 3.16. The Hall–Kier alpha value is -3.30. The average molecular weight is 377 g/mol. The van der Waals surface area contributed by atoms with Gasteiger partial charge in [0.1, 0.15) is 5.69 Å². The molecule has 3 N–H and O–H groups in total. The van der Waals surface area contributed by atoms with Gasteiger partial charge in [0.2, 0.25) is 0 Å².